The lowest BCUT2D eigenvalue weighted by Crippen LogP contribution is -2.48. The van der Waals surface area contributed by atoms with E-state index in [9.17, 15) is 14.3 Å². The van der Waals surface area contributed by atoms with Crippen LogP contribution in [0.3, 0.4) is 0 Å². The second kappa shape index (κ2) is 10.2. The summed E-state index contributed by atoms with van der Waals surface area (Å²) in [5.41, 5.74) is 0.444. The standard InChI is InChI=1S/C26H30FN7O3/c1-17-16-37-12-11-34(17)23-14-21(20(15-28)24(31-23)30-22-5-8-29-32-22)26(25(35)36)6-9-33(10-7-26)19-4-2-3-18(27)13-19/h2-5,8,13-15,17,28H,6-7,9-12,16H2,1H3,(H,35,36)(H2,29,30,31,32)/t17-/m1/s1. The number of anilines is 4. The molecule has 1 atom stereocenters. The minimum atomic E-state index is -1.24. The van der Waals surface area contributed by atoms with E-state index in [1.165, 1.54) is 12.1 Å². The number of rotatable bonds is 7. The molecule has 3 aromatic rings. The van der Waals surface area contributed by atoms with Crippen molar-refractivity contribution in [2.24, 2.45) is 0 Å². The molecular weight excluding hydrogens is 477 g/mol. The second-order valence-corrected chi connectivity index (χ2v) is 9.50. The maximum atomic E-state index is 13.8. The van der Waals surface area contributed by atoms with Gasteiger partial charge in [0.25, 0.3) is 0 Å². The van der Waals surface area contributed by atoms with Crippen LogP contribution in [0.2, 0.25) is 0 Å². The van der Waals surface area contributed by atoms with E-state index in [4.69, 9.17) is 15.1 Å². The van der Waals surface area contributed by atoms with E-state index in [-0.39, 0.29) is 11.9 Å². The highest BCUT2D eigenvalue weighted by Crippen LogP contribution is 2.42. The number of morpholine rings is 1. The molecule has 5 rings (SSSR count). The van der Waals surface area contributed by atoms with Gasteiger partial charge >= 0.3 is 5.97 Å². The molecule has 2 fully saturated rings. The van der Waals surface area contributed by atoms with Gasteiger partial charge in [-0.1, -0.05) is 6.07 Å². The molecule has 0 spiro atoms. The molecule has 2 aliphatic heterocycles. The molecule has 0 radical (unpaired) electrons. The highest BCUT2D eigenvalue weighted by Gasteiger charge is 2.45. The molecular formula is C26H30FN7O3. The van der Waals surface area contributed by atoms with Crippen molar-refractivity contribution in [3.05, 3.63) is 59.5 Å². The number of carboxylic acid groups (broad SMARTS) is 1. The fourth-order valence-corrected chi connectivity index (χ4v) is 5.26. The van der Waals surface area contributed by atoms with Crippen LogP contribution >= 0.6 is 0 Å². The van der Waals surface area contributed by atoms with Crippen molar-refractivity contribution in [2.45, 2.75) is 31.2 Å². The highest BCUT2D eigenvalue weighted by atomic mass is 19.1. The molecule has 1 aromatic carbocycles. The molecule has 194 valence electrons. The fourth-order valence-electron chi connectivity index (χ4n) is 5.26. The summed E-state index contributed by atoms with van der Waals surface area (Å²) in [6.07, 6.45) is 3.36. The summed E-state index contributed by atoms with van der Waals surface area (Å²) in [6.45, 7) is 4.61. The van der Waals surface area contributed by atoms with Crippen LogP contribution in [0.1, 0.15) is 30.9 Å². The molecule has 11 heteroatoms. The number of hydrogen-bond donors (Lipinski definition) is 4. The Labute approximate surface area is 214 Å². The van der Waals surface area contributed by atoms with Gasteiger partial charge in [-0.2, -0.15) is 5.10 Å². The van der Waals surface area contributed by atoms with Crippen molar-refractivity contribution < 1.29 is 19.0 Å². The average molecular weight is 508 g/mol. The normalized spacial score (nSPS) is 19.5. The third kappa shape index (κ3) is 4.74. The van der Waals surface area contributed by atoms with Gasteiger partial charge in [0.2, 0.25) is 0 Å². The summed E-state index contributed by atoms with van der Waals surface area (Å²) >= 11 is 0. The van der Waals surface area contributed by atoms with Gasteiger partial charge in [0.05, 0.1) is 30.9 Å². The number of carbonyl (C=O) groups is 1. The largest absolute Gasteiger partial charge is 0.481 e. The van der Waals surface area contributed by atoms with Crippen LogP contribution < -0.4 is 15.1 Å². The minimum Gasteiger partial charge on any atom is -0.481 e. The van der Waals surface area contributed by atoms with E-state index >= 15 is 0 Å². The zero-order valence-electron chi connectivity index (χ0n) is 20.6. The third-order valence-corrected chi connectivity index (χ3v) is 7.32. The number of carboxylic acids is 1. The summed E-state index contributed by atoms with van der Waals surface area (Å²) in [5.74, 6) is 0.324. The number of halogens is 1. The first-order valence-corrected chi connectivity index (χ1v) is 12.3. The zero-order chi connectivity index (χ0) is 26.0. The first-order valence-electron chi connectivity index (χ1n) is 12.3. The Morgan fingerprint density at radius 2 is 2.11 bits per heavy atom. The molecule has 4 N–H and O–H groups in total. The number of H-pyrrole nitrogens is 1. The van der Waals surface area contributed by atoms with E-state index < -0.39 is 11.4 Å². The van der Waals surface area contributed by atoms with Gasteiger partial charge in [-0.3, -0.25) is 9.89 Å². The summed E-state index contributed by atoms with van der Waals surface area (Å²) < 4.78 is 19.4. The summed E-state index contributed by atoms with van der Waals surface area (Å²) in [5, 5.41) is 28.9. The molecule has 10 nitrogen and oxygen atoms in total. The monoisotopic (exact) mass is 507 g/mol. The molecule has 0 unspecified atom stereocenters. The number of benzene rings is 1. The predicted octanol–water partition coefficient (Wildman–Crippen LogP) is 3.53. The van der Waals surface area contributed by atoms with Crippen molar-refractivity contribution in [1.29, 1.82) is 5.41 Å². The summed E-state index contributed by atoms with van der Waals surface area (Å²) in [6, 6.07) is 9.96. The molecule has 0 amide bonds. The van der Waals surface area contributed by atoms with Crippen LogP contribution in [0.25, 0.3) is 0 Å². The minimum absolute atomic E-state index is 0.0514. The maximum absolute atomic E-state index is 13.8. The SMILES string of the molecule is C[C@@H]1COCCN1c1cc(C2(C(=O)O)CCN(c3cccc(F)c3)CC2)c(C=N)c(Nc2ccn[nH]2)n1. The van der Waals surface area contributed by atoms with Crippen LogP contribution in [0.4, 0.5) is 27.5 Å². The van der Waals surface area contributed by atoms with Gasteiger partial charge < -0.3 is 30.4 Å². The van der Waals surface area contributed by atoms with Crippen LogP contribution in [-0.4, -0.2) is 71.4 Å². The number of ether oxygens (including phenoxy) is 1. The van der Waals surface area contributed by atoms with Gasteiger partial charge in [0.1, 0.15) is 23.3 Å². The van der Waals surface area contributed by atoms with E-state index in [0.29, 0.717) is 74.3 Å². The number of nitrogens with one attached hydrogen (secondary N) is 3. The average Bonchev–Trinajstić information content (AvgIpc) is 3.41. The molecule has 0 aliphatic carbocycles. The van der Waals surface area contributed by atoms with Crippen LogP contribution in [-0.2, 0) is 14.9 Å². The lowest BCUT2D eigenvalue weighted by molar-refractivity contribution is -0.144. The van der Waals surface area contributed by atoms with E-state index in [0.717, 1.165) is 11.9 Å². The number of hydrogen-bond acceptors (Lipinski definition) is 8. The molecule has 2 aliphatic rings. The van der Waals surface area contributed by atoms with Crippen molar-refractivity contribution in [1.82, 2.24) is 15.2 Å². The zero-order valence-corrected chi connectivity index (χ0v) is 20.6. The lowest BCUT2D eigenvalue weighted by Gasteiger charge is -2.42. The van der Waals surface area contributed by atoms with Crippen molar-refractivity contribution in [3.8, 4) is 0 Å². The van der Waals surface area contributed by atoms with Crippen molar-refractivity contribution in [3.63, 3.8) is 0 Å². The Kier molecular flexibility index (Phi) is 6.79. The Balaban J connectivity index is 1.58. The van der Waals surface area contributed by atoms with Crippen LogP contribution in [0.15, 0.2) is 42.6 Å². The summed E-state index contributed by atoms with van der Waals surface area (Å²) in [7, 11) is 0. The Bertz CT molecular complexity index is 1280. The van der Waals surface area contributed by atoms with Crippen LogP contribution in [0, 0.1) is 11.2 Å². The molecule has 4 heterocycles. The first-order chi connectivity index (χ1) is 17.9. The van der Waals surface area contributed by atoms with Gasteiger partial charge in [0, 0.05) is 43.2 Å². The Hall–Kier alpha value is -3.99. The molecule has 2 aromatic heterocycles. The fraction of sp³-hybridized carbons (Fsp3) is 0.385. The van der Waals surface area contributed by atoms with Crippen LogP contribution in [0.5, 0.6) is 0 Å². The number of piperidine rings is 1. The van der Waals surface area contributed by atoms with E-state index in [1.54, 1.807) is 18.3 Å². The molecule has 37 heavy (non-hydrogen) atoms. The number of aromatic amines is 1. The Morgan fingerprint density at radius 3 is 2.76 bits per heavy atom. The molecule has 2 saturated heterocycles. The first kappa shape index (κ1) is 24.7. The molecule has 0 bridgehead atoms. The second-order valence-electron chi connectivity index (χ2n) is 9.50. The number of pyridine rings is 1. The van der Waals surface area contributed by atoms with Gasteiger partial charge in [-0.25, -0.2) is 9.37 Å². The van der Waals surface area contributed by atoms with Gasteiger partial charge in [0.15, 0.2) is 0 Å². The number of aromatic nitrogens is 3. The quantitative estimate of drug-likeness (QED) is 0.357. The van der Waals surface area contributed by atoms with E-state index in [1.807, 2.05) is 24.0 Å². The summed E-state index contributed by atoms with van der Waals surface area (Å²) in [4.78, 5) is 21.9. The van der Waals surface area contributed by atoms with Gasteiger partial charge in [-0.15, -0.1) is 0 Å². The predicted molar refractivity (Wildman–Crippen MR) is 139 cm³/mol. The lowest BCUT2D eigenvalue weighted by atomic mass is 9.71. The van der Waals surface area contributed by atoms with E-state index in [2.05, 4.69) is 20.4 Å². The van der Waals surface area contributed by atoms with Gasteiger partial charge in [-0.05, 0) is 49.6 Å². The maximum Gasteiger partial charge on any atom is 0.314 e. The smallest absolute Gasteiger partial charge is 0.314 e. The number of nitrogens with zero attached hydrogens (tertiary/aromatic N) is 4. The Morgan fingerprint density at radius 1 is 1.30 bits per heavy atom. The highest BCUT2D eigenvalue weighted by molar-refractivity contribution is 5.94. The third-order valence-electron chi connectivity index (χ3n) is 7.32. The van der Waals surface area contributed by atoms with Crippen molar-refractivity contribution >= 4 is 35.3 Å². The topological polar surface area (TPSA) is 130 Å². The van der Waals surface area contributed by atoms with Crippen molar-refractivity contribution in [2.75, 3.05) is 48.0 Å². The molecule has 0 saturated carbocycles. The number of aliphatic carboxylic acids is 1.